The first kappa shape index (κ1) is 13.7. The molecular formula is C11H22O2S2. The molecule has 1 saturated heterocycles. The van der Waals surface area contributed by atoms with Gasteiger partial charge in [0.05, 0.1) is 6.10 Å². The molecule has 4 atom stereocenters. The van der Waals surface area contributed by atoms with E-state index in [1.807, 2.05) is 23.5 Å². The minimum absolute atomic E-state index is 0.160. The Hall–Kier alpha value is 0.620. The van der Waals surface area contributed by atoms with E-state index in [1.54, 1.807) is 7.11 Å². The topological polar surface area (TPSA) is 29.5 Å². The van der Waals surface area contributed by atoms with Crippen molar-refractivity contribution in [3.05, 3.63) is 0 Å². The van der Waals surface area contributed by atoms with E-state index < -0.39 is 0 Å². The van der Waals surface area contributed by atoms with Crippen LogP contribution in [0.3, 0.4) is 0 Å². The first-order chi connectivity index (χ1) is 7.15. The lowest BCUT2D eigenvalue weighted by atomic mass is 10.1. The zero-order valence-electron chi connectivity index (χ0n) is 9.81. The minimum Gasteiger partial charge on any atom is -0.392 e. The van der Waals surface area contributed by atoms with Gasteiger partial charge in [-0.2, -0.15) is 23.5 Å². The Morgan fingerprint density at radius 3 is 2.73 bits per heavy atom. The number of aliphatic hydroxyl groups excluding tert-OH is 1. The first-order valence-corrected chi connectivity index (χ1v) is 7.58. The Kier molecular flexibility index (Phi) is 6.43. The van der Waals surface area contributed by atoms with Crippen molar-refractivity contribution in [2.24, 2.45) is 0 Å². The van der Waals surface area contributed by atoms with Crippen LogP contribution in [0, 0.1) is 0 Å². The van der Waals surface area contributed by atoms with Crippen LogP contribution in [0.25, 0.3) is 0 Å². The smallest absolute Gasteiger partial charge is 0.0667 e. The van der Waals surface area contributed by atoms with Crippen molar-refractivity contribution in [1.82, 2.24) is 0 Å². The number of hydrogen-bond acceptors (Lipinski definition) is 4. The fourth-order valence-corrected chi connectivity index (χ4v) is 4.69. The molecule has 4 heteroatoms. The molecule has 1 aliphatic rings. The zero-order chi connectivity index (χ0) is 11.3. The number of rotatable bonds is 5. The summed E-state index contributed by atoms with van der Waals surface area (Å²) < 4.78 is 4.99. The summed E-state index contributed by atoms with van der Waals surface area (Å²) in [5, 5.41) is 11.8. The fourth-order valence-electron chi connectivity index (χ4n) is 1.63. The number of ether oxygens (including phenoxy) is 1. The Bertz CT molecular complexity index is 178. The largest absolute Gasteiger partial charge is 0.392 e. The summed E-state index contributed by atoms with van der Waals surface area (Å²) in [6, 6.07) is 0. The van der Waals surface area contributed by atoms with Gasteiger partial charge in [0.15, 0.2) is 0 Å². The van der Waals surface area contributed by atoms with Gasteiger partial charge in [0, 0.05) is 35.2 Å². The summed E-state index contributed by atoms with van der Waals surface area (Å²) in [6.07, 6.45) is 1.67. The molecule has 1 N–H and O–H groups in total. The van der Waals surface area contributed by atoms with Gasteiger partial charge in [-0.05, 0) is 12.8 Å². The van der Waals surface area contributed by atoms with Crippen molar-refractivity contribution in [3.63, 3.8) is 0 Å². The third-order valence-electron chi connectivity index (χ3n) is 2.85. The molecule has 1 heterocycles. The van der Waals surface area contributed by atoms with Crippen molar-refractivity contribution >= 4 is 23.5 Å². The van der Waals surface area contributed by atoms with Gasteiger partial charge in [0.25, 0.3) is 0 Å². The molecule has 0 aromatic heterocycles. The summed E-state index contributed by atoms with van der Waals surface area (Å²) in [5.74, 6) is 1.09. The van der Waals surface area contributed by atoms with Crippen molar-refractivity contribution < 1.29 is 9.84 Å². The van der Waals surface area contributed by atoms with Gasteiger partial charge < -0.3 is 9.84 Å². The fraction of sp³-hybridized carbons (Fsp3) is 1.00. The van der Waals surface area contributed by atoms with E-state index in [-0.39, 0.29) is 6.10 Å². The molecule has 0 radical (unpaired) electrons. The van der Waals surface area contributed by atoms with Crippen LogP contribution < -0.4 is 0 Å². The summed E-state index contributed by atoms with van der Waals surface area (Å²) in [4.78, 5) is 0. The third-order valence-corrected chi connectivity index (χ3v) is 6.39. The second kappa shape index (κ2) is 7.05. The Morgan fingerprint density at radius 1 is 1.40 bits per heavy atom. The van der Waals surface area contributed by atoms with Crippen LogP contribution >= 0.6 is 23.5 Å². The maximum absolute atomic E-state index is 10.0. The molecule has 1 rings (SSSR count). The van der Waals surface area contributed by atoms with E-state index in [9.17, 15) is 5.11 Å². The summed E-state index contributed by atoms with van der Waals surface area (Å²) in [6.45, 7) is 5.29. The monoisotopic (exact) mass is 250 g/mol. The average Bonchev–Trinajstić information content (AvgIpc) is 2.22. The highest BCUT2D eigenvalue weighted by Gasteiger charge is 2.29. The van der Waals surface area contributed by atoms with Gasteiger partial charge in [-0.25, -0.2) is 0 Å². The van der Waals surface area contributed by atoms with Gasteiger partial charge in [-0.15, -0.1) is 0 Å². The minimum atomic E-state index is -0.160. The normalized spacial score (nSPS) is 34.0. The van der Waals surface area contributed by atoms with Gasteiger partial charge in [0.1, 0.15) is 0 Å². The molecule has 0 spiro atoms. The van der Waals surface area contributed by atoms with Crippen molar-refractivity contribution in [2.75, 3.05) is 19.5 Å². The van der Waals surface area contributed by atoms with E-state index in [0.29, 0.717) is 10.5 Å². The molecule has 0 amide bonds. The maximum Gasteiger partial charge on any atom is 0.0667 e. The van der Waals surface area contributed by atoms with Crippen molar-refractivity contribution in [1.29, 1.82) is 0 Å². The maximum atomic E-state index is 10.0. The second-order valence-corrected chi connectivity index (χ2v) is 7.15. The van der Waals surface area contributed by atoms with Gasteiger partial charge in [-0.3, -0.25) is 0 Å². The van der Waals surface area contributed by atoms with E-state index in [1.165, 1.54) is 0 Å². The molecule has 4 unspecified atom stereocenters. The van der Waals surface area contributed by atoms with Crippen LogP contribution in [-0.2, 0) is 4.74 Å². The lowest BCUT2D eigenvalue weighted by molar-refractivity contribution is 0.136. The summed E-state index contributed by atoms with van der Waals surface area (Å²) >= 11 is 3.94. The SMILES string of the molecule is COCCCC(O)C1CSC(C)C(C)S1. The highest BCUT2D eigenvalue weighted by molar-refractivity contribution is 8.07. The molecule has 0 saturated carbocycles. The van der Waals surface area contributed by atoms with Crippen LogP contribution in [0.5, 0.6) is 0 Å². The van der Waals surface area contributed by atoms with Gasteiger partial charge in [-0.1, -0.05) is 13.8 Å². The summed E-state index contributed by atoms with van der Waals surface area (Å²) in [5.41, 5.74) is 0. The quantitative estimate of drug-likeness (QED) is 0.759. The number of hydrogen-bond donors (Lipinski definition) is 1. The van der Waals surface area contributed by atoms with Crippen LogP contribution in [0.1, 0.15) is 26.7 Å². The molecule has 0 aliphatic carbocycles. The van der Waals surface area contributed by atoms with Gasteiger partial charge >= 0.3 is 0 Å². The van der Waals surface area contributed by atoms with Crippen LogP contribution in [0.4, 0.5) is 0 Å². The predicted molar refractivity (Wildman–Crippen MR) is 69.9 cm³/mol. The molecule has 1 fully saturated rings. The highest BCUT2D eigenvalue weighted by Crippen LogP contribution is 2.37. The number of methoxy groups -OCH3 is 1. The van der Waals surface area contributed by atoms with Crippen LogP contribution in [0.2, 0.25) is 0 Å². The predicted octanol–water partition coefficient (Wildman–Crippen LogP) is 2.40. The average molecular weight is 250 g/mol. The number of aliphatic hydroxyl groups is 1. The van der Waals surface area contributed by atoms with Crippen molar-refractivity contribution in [2.45, 2.75) is 48.5 Å². The Balaban J connectivity index is 2.24. The van der Waals surface area contributed by atoms with Crippen molar-refractivity contribution in [3.8, 4) is 0 Å². The lowest BCUT2D eigenvalue weighted by Gasteiger charge is -2.33. The zero-order valence-corrected chi connectivity index (χ0v) is 11.4. The third kappa shape index (κ3) is 4.55. The van der Waals surface area contributed by atoms with E-state index in [4.69, 9.17) is 4.74 Å². The highest BCUT2D eigenvalue weighted by atomic mass is 32.2. The Labute approximate surface area is 102 Å². The number of thioether (sulfide) groups is 2. The van der Waals surface area contributed by atoms with E-state index in [0.717, 1.165) is 30.5 Å². The Morgan fingerprint density at radius 2 is 2.13 bits per heavy atom. The molecule has 15 heavy (non-hydrogen) atoms. The molecule has 90 valence electrons. The first-order valence-electron chi connectivity index (χ1n) is 5.59. The van der Waals surface area contributed by atoms with Crippen LogP contribution in [-0.4, -0.2) is 46.4 Å². The standard InChI is InChI=1S/C11H22O2S2/c1-8-9(2)15-11(7-14-8)10(12)5-4-6-13-3/h8-12H,4-7H2,1-3H3. The van der Waals surface area contributed by atoms with E-state index >= 15 is 0 Å². The molecule has 0 bridgehead atoms. The molecule has 2 nitrogen and oxygen atoms in total. The molecule has 1 aliphatic heterocycles. The lowest BCUT2D eigenvalue weighted by Crippen LogP contribution is -2.34. The molecule has 0 aromatic carbocycles. The van der Waals surface area contributed by atoms with Crippen LogP contribution in [0.15, 0.2) is 0 Å². The van der Waals surface area contributed by atoms with E-state index in [2.05, 4.69) is 13.8 Å². The molecular weight excluding hydrogens is 228 g/mol. The summed E-state index contributed by atoms with van der Waals surface area (Å²) in [7, 11) is 1.71. The second-order valence-electron chi connectivity index (χ2n) is 4.12. The molecule has 0 aromatic rings. The van der Waals surface area contributed by atoms with Gasteiger partial charge in [0.2, 0.25) is 0 Å².